The molecule has 1 aromatic heterocycles. The summed E-state index contributed by atoms with van der Waals surface area (Å²) in [6, 6.07) is 8.19. The van der Waals surface area contributed by atoms with Gasteiger partial charge in [0, 0.05) is 31.5 Å². The minimum atomic E-state index is -0.372. The van der Waals surface area contributed by atoms with Gasteiger partial charge in [0.05, 0.1) is 25.5 Å². The van der Waals surface area contributed by atoms with Crippen LogP contribution in [-0.4, -0.2) is 54.7 Å². The molecule has 1 aromatic carbocycles. The lowest BCUT2D eigenvalue weighted by molar-refractivity contribution is -0.144. The molecule has 148 valence electrons. The topological polar surface area (TPSA) is 54.9 Å². The highest BCUT2D eigenvalue weighted by molar-refractivity contribution is 5.95. The van der Waals surface area contributed by atoms with Crippen LogP contribution in [0.1, 0.15) is 18.4 Å². The molecule has 0 atom stereocenters. The lowest BCUT2D eigenvalue weighted by Gasteiger charge is -2.47. The number of carbonyl (C=O) groups excluding carboxylic acids is 1. The van der Waals surface area contributed by atoms with Gasteiger partial charge in [-0.1, -0.05) is 6.07 Å². The van der Waals surface area contributed by atoms with Gasteiger partial charge in [-0.05, 0) is 42.7 Å². The quantitative estimate of drug-likeness (QED) is 0.810. The molecular weight excluding hydrogens is 361 g/mol. The van der Waals surface area contributed by atoms with E-state index in [1.54, 1.807) is 30.3 Å². The van der Waals surface area contributed by atoms with Gasteiger partial charge in [-0.2, -0.15) is 0 Å². The molecule has 1 spiro atoms. The van der Waals surface area contributed by atoms with Gasteiger partial charge in [0.25, 0.3) is 5.91 Å². The summed E-state index contributed by atoms with van der Waals surface area (Å²) < 4.78 is 24.8. The smallest absolute Gasteiger partial charge is 0.253 e. The van der Waals surface area contributed by atoms with Crippen LogP contribution in [-0.2, 0) is 16.1 Å². The van der Waals surface area contributed by atoms with Gasteiger partial charge < -0.3 is 14.4 Å². The van der Waals surface area contributed by atoms with E-state index >= 15 is 0 Å². The largest absolute Gasteiger partial charge is 0.495 e. The molecule has 6 nitrogen and oxygen atoms in total. The van der Waals surface area contributed by atoms with Crippen molar-refractivity contribution in [2.24, 2.45) is 0 Å². The highest BCUT2D eigenvalue weighted by atomic mass is 19.1. The summed E-state index contributed by atoms with van der Waals surface area (Å²) in [6.45, 7) is 3.03. The van der Waals surface area contributed by atoms with Gasteiger partial charge in [0.2, 0.25) is 0 Å². The summed E-state index contributed by atoms with van der Waals surface area (Å²) in [7, 11) is 1.64. The molecule has 0 saturated carbocycles. The van der Waals surface area contributed by atoms with Gasteiger partial charge in [0.1, 0.15) is 18.2 Å². The van der Waals surface area contributed by atoms with E-state index in [2.05, 4.69) is 9.88 Å². The van der Waals surface area contributed by atoms with Crippen LogP contribution in [0.25, 0.3) is 0 Å². The van der Waals surface area contributed by atoms with Crippen molar-refractivity contribution in [2.75, 3.05) is 38.3 Å². The van der Waals surface area contributed by atoms with Crippen molar-refractivity contribution in [2.45, 2.75) is 25.0 Å². The summed E-state index contributed by atoms with van der Waals surface area (Å²) in [5.74, 6) is 0.291. The molecule has 4 rings (SSSR count). The standard InChI is InChI=1S/C21H24FN3O3/c1-27-19-9-16(11-23-12-19)13-24-7-5-21(6-8-24)15-25(20(26)14-28-21)18-4-2-3-17(22)10-18/h2-4,9-12H,5-8,13-15H2,1H3. The van der Waals surface area contributed by atoms with Gasteiger partial charge in [-0.3, -0.25) is 14.7 Å². The van der Waals surface area contributed by atoms with Crippen molar-refractivity contribution < 1.29 is 18.7 Å². The predicted molar refractivity (Wildman–Crippen MR) is 103 cm³/mol. The normalized spacial score (nSPS) is 19.8. The zero-order chi connectivity index (χ0) is 19.6. The average molecular weight is 385 g/mol. The number of hydrogen-bond donors (Lipinski definition) is 0. The zero-order valence-corrected chi connectivity index (χ0v) is 15.9. The summed E-state index contributed by atoms with van der Waals surface area (Å²) in [4.78, 5) is 20.6. The molecule has 0 aliphatic carbocycles. The molecule has 0 unspecified atom stereocenters. The maximum Gasteiger partial charge on any atom is 0.253 e. The summed E-state index contributed by atoms with van der Waals surface area (Å²) >= 11 is 0. The second kappa shape index (κ2) is 7.85. The maximum atomic E-state index is 13.6. The Morgan fingerprint density at radius 2 is 2.07 bits per heavy atom. The summed E-state index contributed by atoms with van der Waals surface area (Å²) in [6.07, 6.45) is 5.20. The number of likely N-dealkylation sites (tertiary alicyclic amines) is 1. The molecule has 28 heavy (non-hydrogen) atoms. The Bertz CT molecular complexity index is 852. The Morgan fingerprint density at radius 3 is 2.82 bits per heavy atom. The van der Waals surface area contributed by atoms with Crippen LogP contribution >= 0.6 is 0 Å². The number of rotatable bonds is 4. The number of benzene rings is 1. The molecule has 0 N–H and O–H groups in total. The number of methoxy groups -OCH3 is 1. The van der Waals surface area contributed by atoms with E-state index in [1.165, 1.54) is 12.1 Å². The van der Waals surface area contributed by atoms with Gasteiger partial charge in [-0.25, -0.2) is 4.39 Å². The number of piperidine rings is 1. The van der Waals surface area contributed by atoms with E-state index in [1.807, 2.05) is 12.3 Å². The molecule has 1 amide bonds. The molecular formula is C21H24FN3O3. The number of amides is 1. The third kappa shape index (κ3) is 4.00. The van der Waals surface area contributed by atoms with Gasteiger partial charge >= 0.3 is 0 Å². The lowest BCUT2D eigenvalue weighted by Crippen LogP contribution is -2.58. The molecule has 0 radical (unpaired) electrons. The number of morpholine rings is 1. The second-order valence-electron chi connectivity index (χ2n) is 7.44. The minimum absolute atomic E-state index is 0.0380. The third-order valence-corrected chi connectivity index (χ3v) is 5.55. The summed E-state index contributed by atoms with van der Waals surface area (Å²) in [5.41, 5.74) is 1.33. The van der Waals surface area contributed by atoms with Crippen molar-refractivity contribution >= 4 is 11.6 Å². The first kappa shape index (κ1) is 18.8. The van der Waals surface area contributed by atoms with Crippen LogP contribution in [0.4, 0.5) is 10.1 Å². The molecule has 2 saturated heterocycles. The monoisotopic (exact) mass is 385 g/mol. The predicted octanol–water partition coefficient (Wildman–Crippen LogP) is 2.63. The third-order valence-electron chi connectivity index (χ3n) is 5.55. The Kier molecular flexibility index (Phi) is 5.28. The first-order valence-corrected chi connectivity index (χ1v) is 9.47. The molecule has 2 aliphatic rings. The van der Waals surface area contributed by atoms with E-state index in [0.29, 0.717) is 12.2 Å². The number of carbonyl (C=O) groups is 1. The number of halogens is 1. The van der Waals surface area contributed by atoms with Gasteiger partial charge in [0.15, 0.2) is 0 Å². The zero-order valence-electron chi connectivity index (χ0n) is 15.9. The average Bonchev–Trinajstić information content (AvgIpc) is 2.72. The van der Waals surface area contributed by atoms with Crippen molar-refractivity contribution in [3.63, 3.8) is 0 Å². The van der Waals surface area contributed by atoms with E-state index in [9.17, 15) is 9.18 Å². The van der Waals surface area contributed by atoms with Crippen LogP contribution in [0.3, 0.4) is 0 Å². The fraction of sp³-hybridized carbons (Fsp3) is 0.429. The Balaban J connectivity index is 1.41. The molecule has 2 fully saturated rings. The first-order chi connectivity index (χ1) is 13.6. The Hall–Kier alpha value is -2.51. The molecule has 3 heterocycles. The van der Waals surface area contributed by atoms with E-state index in [-0.39, 0.29) is 23.9 Å². The first-order valence-electron chi connectivity index (χ1n) is 9.47. The number of ether oxygens (including phenoxy) is 2. The lowest BCUT2D eigenvalue weighted by atomic mass is 9.89. The van der Waals surface area contributed by atoms with Crippen molar-refractivity contribution in [3.05, 3.63) is 54.1 Å². The minimum Gasteiger partial charge on any atom is -0.495 e. The fourth-order valence-corrected chi connectivity index (χ4v) is 3.94. The van der Waals surface area contributed by atoms with Crippen LogP contribution < -0.4 is 9.64 Å². The number of hydrogen-bond acceptors (Lipinski definition) is 5. The van der Waals surface area contributed by atoms with Gasteiger partial charge in [-0.15, -0.1) is 0 Å². The van der Waals surface area contributed by atoms with Crippen LogP contribution in [0.15, 0.2) is 42.7 Å². The summed E-state index contributed by atoms with van der Waals surface area (Å²) in [5, 5.41) is 0. The molecule has 0 bridgehead atoms. The highest BCUT2D eigenvalue weighted by Gasteiger charge is 2.42. The second-order valence-corrected chi connectivity index (χ2v) is 7.44. The van der Waals surface area contributed by atoms with Crippen LogP contribution in [0, 0.1) is 5.82 Å². The van der Waals surface area contributed by atoms with Crippen LogP contribution in [0.5, 0.6) is 5.75 Å². The van der Waals surface area contributed by atoms with Crippen molar-refractivity contribution in [1.29, 1.82) is 0 Å². The van der Waals surface area contributed by atoms with E-state index in [4.69, 9.17) is 9.47 Å². The van der Waals surface area contributed by atoms with Crippen LogP contribution in [0.2, 0.25) is 0 Å². The SMILES string of the molecule is COc1cncc(CN2CCC3(CC2)CN(c2cccc(F)c2)C(=O)CO3)c1. The van der Waals surface area contributed by atoms with Crippen molar-refractivity contribution in [3.8, 4) is 5.75 Å². The maximum absolute atomic E-state index is 13.6. The number of pyridine rings is 1. The van der Waals surface area contributed by atoms with Crippen molar-refractivity contribution in [1.82, 2.24) is 9.88 Å². The Labute approximate surface area is 163 Å². The molecule has 7 heteroatoms. The number of nitrogens with zero attached hydrogens (tertiary/aromatic N) is 3. The number of aromatic nitrogens is 1. The fourth-order valence-electron chi connectivity index (χ4n) is 3.94. The van der Waals surface area contributed by atoms with E-state index in [0.717, 1.165) is 43.8 Å². The molecule has 2 aromatic rings. The molecule has 2 aliphatic heterocycles. The highest BCUT2D eigenvalue weighted by Crippen LogP contribution is 2.33. The van der Waals surface area contributed by atoms with E-state index < -0.39 is 0 Å². The Morgan fingerprint density at radius 1 is 1.25 bits per heavy atom. The number of anilines is 1.